The Morgan fingerprint density at radius 3 is 2.50 bits per heavy atom. The fourth-order valence-electron chi connectivity index (χ4n) is 1.61. The Balaban J connectivity index is 0.00000289. The van der Waals surface area contributed by atoms with Crippen molar-refractivity contribution < 1.29 is 26.4 Å². The molecule has 0 N–H and O–H groups in total. The minimum atomic E-state index is -0.357. The van der Waals surface area contributed by atoms with Crippen molar-refractivity contribution in [1.29, 1.82) is 0 Å². The third kappa shape index (κ3) is 6.42. The summed E-state index contributed by atoms with van der Waals surface area (Å²) >= 11 is 0. The molecule has 4 heteroatoms. The SMILES string of the molecule is C=CC(=O)OCC[N+](C)(C)Cc1ccccc1.[Cl-]. The zero-order chi connectivity index (χ0) is 12.7. The Kier molecular flexibility index (Phi) is 7.32. The van der Waals surface area contributed by atoms with E-state index in [1.807, 2.05) is 18.2 Å². The lowest BCUT2D eigenvalue weighted by Crippen LogP contribution is -3.00. The minimum Gasteiger partial charge on any atom is -1.00 e. The van der Waals surface area contributed by atoms with Gasteiger partial charge in [0.15, 0.2) is 0 Å². The maximum absolute atomic E-state index is 10.9. The van der Waals surface area contributed by atoms with E-state index in [0.717, 1.165) is 17.6 Å². The van der Waals surface area contributed by atoms with Gasteiger partial charge in [0, 0.05) is 11.6 Å². The Hall–Kier alpha value is -1.32. The second-order valence-electron chi connectivity index (χ2n) is 4.67. The molecule has 1 aromatic carbocycles. The number of halogens is 1. The molecule has 0 atom stereocenters. The Labute approximate surface area is 115 Å². The van der Waals surface area contributed by atoms with Crippen LogP contribution in [0.1, 0.15) is 5.56 Å². The molecule has 18 heavy (non-hydrogen) atoms. The third-order valence-corrected chi connectivity index (χ3v) is 2.56. The lowest BCUT2D eigenvalue weighted by Gasteiger charge is -2.29. The molecule has 0 saturated carbocycles. The molecule has 1 rings (SSSR count). The van der Waals surface area contributed by atoms with E-state index in [0.29, 0.717) is 6.61 Å². The maximum atomic E-state index is 10.9. The number of quaternary nitrogens is 1. The van der Waals surface area contributed by atoms with E-state index in [4.69, 9.17) is 4.74 Å². The van der Waals surface area contributed by atoms with Crippen LogP contribution in [0.25, 0.3) is 0 Å². The van der Waals surface area contributed by atoms with E-state index in [2.05, 4.69) is 32.8 Å². The summed E-state index contributed by atoms with van der Waals surface area (Å²) in [6.07, 6.45) is 1.19. The number of hydrogen-bond donors (Lipinski definition) is 0. The fourth-order valence-corrected chi connectivity index (χ4v) is 1.61. The zero-order valence-corrected chi connectivity index (χ0v) is 11.7. The van der Waals surface area contributed by atoms with Gasteiger partial charge in [-0.05, 0) is 0 Å². The molecule has 0 radical (unpaired) electrons. The molecular formula is C14H20ClNO2. The van der Waals surface area contributed by atoms with E-state index < -0.39 is 0 Å². The van der Waals surface area contributed by atoms with E-state index in [1.54, 1.807) is 0 Å². The highest BCUT2D eigenvalue weighted by molar-refractivity contribution is 5.81. The first-order valence-electron chi connectivity index (χ1n) is 5.68. The van der Waals surface area contributed by atoms with Gasteiger partial charge >= 0.3 is 5.97 Å². The number of carbonyl (C=O) groups excluding carboxylic acids is 1. The molecule has 0 saturated heterocycles. The highest BCUT2D eigenvalue weighted by Crippen LogP contribution is 2.08. The molecule has 0 aliphatic carbocycles. The standard InChI is InChI=1S/C14H20NO2.ClH/c1-4-14(16)17-11-10-15(2,3)12-13-8-6-5-7-9-13;/h4-9H,1,10-12H2,2-3H3;1H/q+1;/p-1. The van der Waals surface area contributed by atoms with Crippen LogP contribution in [0.2, 0.25) is 0 Å². The number of nitrogens with zero attached hydrogens (tertiary/aromatic N) is 1. The summed E-state index contributed by atoms with van der Waals surface area (Å²) in [6.45, 7) is 5.49. The molecule has 100 valence electrons. The van der Waals surface area contributed by atoms with Gasteiger partial charge in [-0.3, -0.25) is 0 Å². The molecule has 0 heterocycles. The molecular weight excluding hydrogens is 250 g/mol. The normalized spacial score (nSPS) is 10.3. The molecule has 0 spiro atoms. The molecule has 0 unspecified atom stereocenters. The van der Waals surface area contributed by atoms with Crippen molar-refractivity contribution >= 4 is 5.97 Å². The first-order valence-corrected chi connectivity index (χ1v) is 5.68. The topological polar surface area (TPSA) is 26.3 Å². The van der Waals surface area contributed by atoms with Gasteiger partial charge in [0.25, 0.3) is 0 Å². The summed E-state index contributed by atoms with van der Waals surface area (Å²) in [5.41, 5.74) is 1.28. The van der Waals surface area contributed by atoms with Crippen LogP contribution in [0.4, 0.5) is 0 Å². The van der Waals surface area contributed by atoms with Crippen LogP contribution in [-0.4, -0.2) is 37.7 Å². The van der Waals surface area contributed by atoms with Crippen molar-refractivity contribution in [2.45, 2.75) is 6.54 Å². The van der Waals surface area contributed by atoms with E-state index >= 15 is 0 Å². The second-order valence-corrected chi connectivity index (χ2v) is 4.67. The summed E-state index contributed by atoms with van der Waals surface area (Å²) in [5.74, 6) is -0.357. The highest BCUT2D eigenvalue weighted by Gasteiger charge is 2.16. The predicted octanol–water partition coefficient (Wildman–Crippen LogP) is -1.00. The van der Waals surface area contributed by atoms with Gasteiger partial charge in [0.2, 0.25) is 0 Å². The maximum Gasteiger partial charge on any atom is 0.330 e. The molecule has 3 nitrogen and oxygen atoms in total. The first kappa shape index (κ1) is 16.7. The average molecular weight is 270 g/mol. The van der Waals surface area contributed by atoms with E-state index in [9.17, 15) is 4.79 Å². The van der Waals surface area contributed by atoms with E-state index in [1.165, 1.54) is 11.6 Å². The average Bonchev–Trinajstić information content (AvgIpc) is 2.29. The molecule has 0 fully saturated rings. The number of benzene rings is 1. The summed E-state index contributed by atoms with van der Waals surface area (Å²) < 4.78 is 5.78. The predicted molar refractivity (Wildman–Crippen MR) is 68.3 cm³/mol. The molecule has 0 aliphatic heterocycles. The number of rotatable bonds is 6. The lowest BCUT2D eigenvalue weighted by molar-refractivity contribution is -0.903. The van der Waals surface area contributed by atoms with Crippen LogP contribution in [0, 0.1) is 0 Å². The van der Waals surface area contributed by atoms with Crippen molar-refractivity contribution in [2.75, 3.05) is 27.2 Å². The Morgan fingerprint density at radius 2 is 1.94 bits per heavy atom. The lowest BCUT2D eigenvalue weighted by atomic mass is 10.2. The number of carbonyl (C=O) groups is 1. The quantitative estimate of drug-likeness (QED) is 0.376. The minimum absolute atomic E-state index is 0. The summed E-state index contributed by atoms with van der Waals surface area (Å²) in [5, 5.41) is 0. The molecule has 0 aromatic heterocycles. The summed E-state index contributed by atoms with van der Waals surface area (Å²) in [7, 11) is 4.24. The Morgan fingerprint density at radius 1 is 1.33 bits per heavy atom. The van der Waals surface area contributed by atoms with Crippen molar-refractivity contribution in [3.05, 3.63) is 48.6 Å². The van der Waals surface area contributed by atoms with Gasteiger partial charge in [-0.15, -0.1) is 0 Å². The van der Waals surface area contributed by atoms with Crippen molar-refractivity contribution in [1.82, 2.24) is 0 Å². The second kappa shape index (κ2) is 7.90. The van der Waals surface area contributed by atoms with Crippen LogP contribution in [-0.2, 0) is 16.1 Å². The van der Waals surface area contributed by atoms with Gasteiger partial charge in [0.1, 0.15) is 19.7 Å². The highest BCUT2D eigenvalue weighted by atomic mass is 35.5. The number of likely N-dealkylation sites (N-methyl/N-ethyl adjacent to an activating group) is 1. The molecule has 0 bridgehead atoms. The van der Waals surface area contributed by atoms with Crippen molar-refractivity contribution in [3.63, 3.8) is 0 Å². The fraction of sp³-hybridized carbons (Fsp3) is 0.357. The number of ether oxygens (including phenoxy) is 1. The van der Waals surface area contributed by atoms with Crippen LogP contribution >= 0.6 is 0 Å². The first-order chi connectivity index (χ1) is 8.03. The van der Waals surface area contributed by atoms with Gasteiger partial charge in [-0.25, -0.2) is 4.79 Å². The monoisotopic (exact) mass is 269 g/mol. The molecule has 0 amide bonds. The van der Waals surface area contributed by atoms with Crippen LogP contribution in [0.5, 0.6) is 0 Å². The smallest absolute Gasteiger partial charge is 0.330 e. The Bertz CT molecular complexity index is 377. The zero-order valence-electron chi connectivity index (χ0n) is 10.9. The van der Waals surface area contributed by atoms with Gasteiger partial charge < -0.3 is 21.6 Å². The molecule has 1 aromatic rings. The van der Waals surface area contributed by atoms with Gasteiger partial charge in [-0.1, -0.05) is 36.9 Å². The van der Waals surface area contributed by atoms with Gasteiger partial charge in [0.05, 0.1) is 14.1 Å². The largest absolute Gasteiger partial charge is 1.00 e. The van der Waals surface area contributed by atoms with Crippen LogP contribution in [0.3, 0.4) is 0 Å². The summed E-state index contributed by atoms with van der Waals surface area (Å²) in [6, 6.07) is 10.3. The number of hydrogen-bond acceptors (Lipinski definition) is 2. The van der Waals surface area contributed by atoms with Gasteiger partial charge in [-0.2, -0.15) is 0 Å². The summed E-state index contributed by atoms with van der Waals surface area (Å²) in [4.78, 5) is 10.9. The van der Waals surface area contributed by atoms with Crippen molar-refractivity contribution in [2.24, 2.45) is 0 Å². The van der Waals surface area contributed by atoms with E-state index in [-0.39, 0.29) is 18.4 Å². The third-order valence-electron chi connectivity index (χ3n) is 2.56. The van der Waals surface area contributed by atoms with Crippen molar-refractivity contribution in [3.8, 4) is 0 Å². The van der Waals surface area contributed by atoms with Crippen LogP contribution < -0.4 is 12.4 Å². The number of esters is 1. The molecule has 0 aliphatic rings. The van der Waals surface area contributed by atoms with Crippen LogP contribution in [0.15, 0.2) is 43.0 Å².